The predicted molar refractivity (Wildman–Crippen MR) is 75.3 cm³/mol. The average Bonchev–Trinajstić information content (AvgIpc) is 2.25. The normalized spacial score (nSPS) is 11.4. The van der Waals surface area contributed by atoms with Crippen molar-refractivity contribution in [1.82, 2.24) is 9.97 Å². The summed E-state index contributed by atoms with van der Waals surface area (Å²) in [4.78, 5) is 19.2. The summed E-state index contributed by atoms with van der Waals surface area (Å²) in [6, 6.07) is 1.93. The first-order chi connectivity index (χ1) is 8.78. The summed E-state index contributed by atoms with van der Waals surface area (Å²) in [5, 5.41) is 11.9. The third kappa shape index (κ3) is 6.18. The number of hydrogen-bond donors (Lipinski definition) is 2. The van der Waals surface area contributed by atoms with Crippen molar-refractivity contribution >= 4 is 11.9 Å². The number of aryl methyl sites for hydroxylation is 2. The van der Waals surface area contributed by atoms with E-state index in [0.717, 1.165) is 24.4 Å². The minimum Gasteiger partial charge on any atom is -0.481 e. The molecule has 1 heterocycles. The van der Waals surface area contributed by atoms with Gasteiger partial charge in [-0.2, -0.15) is 0 Å². The van der Waals surface area contributed by atoms with Crippen LogP contribution in [0.5, 0.6) is 0 Å². The van der Waals surface area contributed by atoms with Crippen LogP contribution < -0.4 is 5.32 Å². The van der Waals surface area contributed by atoms with Gasteiger partial charge in [-0.1, -0.05) is 13.8 Å². The number of carbonyl (C=O) groups is 1. The highest BCUT2D eigenvalue weighted by molar-refractivity contribution is 5.66. The van der Waals surface area contributed by atoms with Crippen LogP contribution in [0.25, 0.3) is 0 Å². The summed E-state index contributed by atoms with van der Waals surface area (Å²) in [6.45, 7) is 8.79. The minimum atomic E-state index is -0.737. The lowest BCUT2D eigenvalue weighted by Crippen LogP contribution is -2.19. The van der Waals surface area contributed by atoms with Gasteiger partial charge in [-0.25, -0.2) is 9.97 Å². The quantitative estimate of drug-likeness (QED) is 0.793. The maximum Gasteiger partial charge on any atom is 0.303 e. The van der Waals surface area contributed by atoms with E-state index in [0.29, 0.717) is 12.4 Å². The number of rotatable bonds is 7. The van der Waals surface area contributed by atoms with Gasteiger partial charge in [0.15, 0.2) is 0 Å². The highest BCUT2D eigenvalue weighted by Gasteiger charge is 2.18. The topological polar surface area (TPSA) is 75.1 Å². The Balaban J connectivity index is 2.42. The Morgan fingerprint density at radius 3 is 2.37 bits per heavy atom. The molecule has 106 valence electrons. The average molecular weight is 265 g/mol. The predicted octanol–water partition coefficient (Wildman–Crippen LogP) is 2.79. The number of carboxylic acids is 1. The van der Waals surface area contributed by atoms with E-state index in [4.69, 9.17) is 5.11 Å². The third-order valence-electron chi connectivity index (χ3n) is 3.08. The lowest BCUT2D eigenvalue weighted by molar-refractivity contribution is -0.137. The van der Waals surface area contributed by atoms with Crippen LogP contribution in [-0.4, -0.2) is 27.6 Å². The monoisotopic (exact) mass is 265 g/mol. The molecule has 5 heteroatoms. The van der Waals surface area contributed by atoms with Crippen molar-refractivity contribution in [3.05, 3.63) is 17.5 Å². The smallest absolute Gasteiger partial charge is 0.303 e. The Morgan fingerprint density at radius 1 is 1.26 bits per heavy atom. The van der Waals surface area contributed by atoms with E-state index in [1.807, 2.05) is 19.9 Å². The van der Waals surface area contributed by atoms with Crippen molar-refractivity contribution in [2.24, 2.45) is 5.41 Å². The molecule has 0 spiro atoms. The molecule has 0 radical (unpaired) electrons. The largest absolute Gasteiger partial charge is 0.481 e. The maximum absolute atomic E-state index is 10.6. The zero-order valence-electron chi connectivity index (χ0n) is 12.2. The summed E-state index contributed by atoms with van der Waals surface area (Å²) in [5.41, 5.74) is 1.89. The van der Waals surface area contributed by atoms with Crippen molar-refractivity contribution in [1.29, 1.82) is 0 Å². The van der Waals surface area contributed by atoms with Crippen LogP contribution >= 0.6 is 0 Å². The molecule has 5 nitrogen and oxygen atoms in total. The van der Waals surface area contributed by atoms with Crippen molar-refractivity contribution < 1.29 is 9.90 Å². The van der Waals surface area contributed by atoms with Gasteiger partial charge in [0.05, 0.1) is 0 Å². The van der Waals surface area contributed by atoms with E-state index in [1.165, 1.54) is 0 Å². The molecule has 2 N–H and O–H groups in total. The van der Waals surface area contributed by atoms with Gasteiger partial charge in [-0.05, 0) is 38.2 Å². The molecule has 19 heavy (non-hydrogen) atoms. The first-order valence-electron chi connectivity index (χ1n) is 6.56. The second kappa shape index (κ2) is 6.50. The number of nitrogens with zero attached hydrogens (tertiary/aromatic N) is 2. The highest BCUT2D eigenvalue weighted by Crippen LogP contribution is 2.26. The van der Waals surface area contributed by atoms with E-state index in [9.17, 15) is 4.79 Å². The van der Waals surface area contributed by atoms with Crippen LogP contribution in [0.4, 0.5) is 5.95 Å². The van der Waals surface area contributed by atoms with Gasteiger partial charge in [0, 0.05) is 24.4 Å². The maximum atomic E-state index is 10.6. The van der Waals surface area contributed by atoms with Crippen LogP contribution in [0.3, 0.4) is 0 Å². The van der Waals surface area contributed by atoms with Crippen LogP contribution in [0.15, 0.2) is 6.07 Å². The van der Waals surface area contributed by atoms with Crippen molar-refractivity contribution in [3.8, 4) is 0 Å². The molecule has 0 aliphatic rings. The lowest BCUT2D eigenvalue weighted by Gasteiger charge is -2.23. The van der Waals surface area contributed by atoms with E-state index in [2.05, 4.69) is 29.1 Å². The third-order valence-corrected chi connectivity index (χ3v) is 3.08. The summed E-state index contributed by atoms with van der Waals surface area (Å²) >= 11 is 0. The van der Waals surface area contributed by atoms with E-state index in [-0.39, 0.29) is 11.8 Å². The molecule has 0 aliphatic carbocycles. The van der Waals surface area contributed by atoms with Gasteiger partial charge in [0.25, 0.3) is 0 Å². The molecule has 1 aromatic rings. The molecule has 0 atom stereocenters. The van der Waals surface area contributed by atoms with Gasteiger partial charge >= 0.3 is 5.97 Å². The van der Waals surface area contributed by atoms with Crippen LogP contribution in [0, 0.1) is 19.3 Å². The second-order valence-electron chi connectivity index (χ2n) is 5.71. The van der Waals surface area contributed by atoms with Crippen LogP contribution in [0.1, 0.15) is 44.5 Å². The minimum absolute atomic E-state index is 0.00423. The summed E-state index contributed by atoms with van der Waals surface area (Å²) < 4.78 is 0. The number of hydrogen-bond acceptors (Lipinski definition) is 4. The molecule has 0 amide bonds. The Labute approximate surface area is 114 Å². The van der Waals surface area contributed by atoms with E-state index < -0.39 is 5.97 Å². The molecule has 0 unspecified atom stereocenters. The van der Waals surface area contributed by atoms with Gasteiger partial charge < -0.3 is 10.4 Å². The molecule has 1 aromatic heterocycles. The molecule has 0 aliphatic heterocycles. The SMILES string of the molecule is Cc1cc(C)nc(NCCC(C)(C)CCC(=O)O)n1. The fourth-order valence-corrected chi connectivity index (χ4v) is 1.89. The van der Waals surface area contributed by atoms with Crippen LogP contribution in [-0.2, 0) is 4.79 Å². The number of nitrogens with one attached hydrogen (secondary N) is 1. The molecule has 0 fully saturated rings. The Hall–Kier alpha value is -1.65. The van der Waals surface area contributed by atoms with Gasteiger partial charge in [-0.3, -0.25) is 4.79 Å². The number of carboxylic acid groups (broad SMARTS) is 1. The Kier molecular flexibility index (Phi) is 5.27. The van der Waals surface area contributed by atoms with Gasteiger partial charge in [0.1, 0.15) is 0 Å². The Bertz CT molecular complexity index is 424. The van der Waals surface area contributed by atoms with Crippen molar-refractivity contribution in [2.45, 2.75) is 47.0 Å². The van der Waals surface area contributed by atoms with Crippen molar-refractivity contribution in [3.63, 3.8) is 0 Å². The fourth-order valence-electron chi connectivity index (χ4n) is 1.89. The van der Waals surface area contributed by atoms with E-state index in [1.54, 1.807) is 0 Å². The molecule has 1 rings (SSSR count). The zero-order valence-corrected chi connectivity index (χ0v) is 12.2. The molecule has 0 saturated heterocycles. The summed E-state index contributed by atoms with van der Waals surface area (Å²) in [5.74, 6) is -0.0924. The summed E-state index contributed by atoms with van der Waals surface area (Å²) in [6.07, 6.45) is 1.78. The summed E-state index contributed by atoms with van der Waals surface area (Å²) in [7, 11) is 0. The molecular formula is C14H23N3O2. The second-order valence-corrected chi connectivity index (χ2v) is 5.71. The van der Waals surface area contributed by atoms with Crippen LogP contribution in [0.2, 0.25) is 0 Å². The Morgan fingerprint density at radius 2 is 1.84 bits per heavy atom. The van der Waals surface area contributed by atoms with Gasteiger partial charge in [0.2, 0.25) is 5.95 Å². The molecule has 0 aromatic carbocycles. The van der Waals surface area contributed by atoms with Gasteiger partial charge in [-0.15, -0.1) is 0 Å². The number of anilines is 1. The molecule has 0 saturated carbocycles. The first-order valence-corrected chi connectivity index (χ1v) is 6.56. The molecular weight excluding hydrogens is 242 g/mol. The molecule has 0 bridgehead atoms. The fraction of sp³-hybridized carbons (Fsp3) is 0.643. The van der Waals surface area contributed by atoms with Crippen molar-refractivity contribution in [2.75, 3.05) is 11.9 Å². The zero-order chi connectivity index (χ0) is 14.5. The number of aliphatic carboxylic acids is 1. The first kappa shape index (κ1) is 15.4. The lowest BCUT2D eigenvalue weighted by atomic mass is 9.84. The van der Waals surface area contributed by atoms with E-state index >= 15 is 0 Å². The highest BCUT2D eigenvalue weighted by atomic mass is 16.4. The standard InChI is InChI=1S/C14H23N3O2/c1-10-9-11(2)17-13(16-10)15-8-7-14(3,4)6-5-12(18)19/h9H,5-8H2,1-4H3,(H,18,19)(H,15,16,17). The number of aromatic nitrogens is 2.